The Morgan fingerprint density at radius 3 is 2.91 bits per heavy atom. The van der Waals surface area contributed by atoms with E-state index in [1.165, 1.54) is 5.69 Å². The molecule has 0 radical (unpaired) electrons. The van der Waals surface area contributed by atoms with Crippen LogP contribution in [0.1, 0.15) is 38.3 Å². The SMILES string of the molecule is CCNC(=O)N1CCC2(CCn3nc(-c4cnc5ccc(OC6CCOCC6)cc5c4)cc32)C1. The van der Waals surface area contributed by atoms with Crippen LogP contribution in [0.3, 0.4) is 0 Å². The van der Waals surface area contributed by atoms with E-state index in [4.69, 9.17) is 14.6 Å². The lowest BCUT2D eigenvalue weighted by molar-refractivity contribution is 0.0256. The van der Waals surface area contributed by atoms with Gasteiger partial charge in [0.15, 0.2) is 0 Å². The summed E-state index contributed by atoms with van der Waals surface area (Å²) in [6.45, 7) is 6.57. The summed E-state index contributed by atoms with van der Waals surface area (Å²) in [4.78, 5) is 19.0. The van der Waals surface area contributed by atoms with E-state index in [9.17, 15) is 4.79 Å². The van der Waals surface area contributed by atoms with Crippen molar-refractivity contribution in [3.63, 3.8) is 0 Å². The van der Waals surface area contributed by atoms with Crippen LogP contribution in [0.4, 0.5) is 4.79 Å². The zero-order chi connectivity index (χ0) is 23.1. The van der Waals surface area contributed by atoms with Crippen LogP contribution in [-0.2, 0) is 16.7 Å². The van der Waals surface area contributed by atoms with Crippen LogP contribution in [0.5, 0.6) is 5.75 Å². The lowest BCUT2D eigenvalue weighted by Gasteiger charge is -2.23. The largest absolute Gasteiger partial charge is 0.490 e. The van der Waals surface area contributed by atoms with Crippen LogP contribution in [0.25, 0.3) is 22.2 Å². The zero-order valence-electron chi connectivity index (χ0n) is 19.6. The minimum Gasteiger partial charge on any atom is -0.490 e. The number of nitrogens with zero attached hydrogens (tertiary/aromatic N) is 4. The van der Waals surface area contributed by atoms with Crippen molar-refractivity contribution in [1.29, 1.82) is 0 Å². The van der Waals surface area contributed by atoms with Crippen molar-refractivity contribution in [2.24, 2.45) is 0 Å². The Morgan fingerprint density at radius 1 is 1.21 bits per heavy atom. The number of aromatic nitrogens is 3. The van der Waals surface area contributed by atoms with Gasteiger partial charge in [-0.25, -0.2) is 4.79 Å². The molecule has 1 N–H and O–H groups in total. The van der Waals surface area contributed by atoms with Crippen molar-refractivity contribution in [3.8, 4) is 17.0 Å². The van der Waals surface area contributed by atoms with Gasteiger partial charge in [0.2, 0.25) is 0 Å². The first-order valence-electron chi connectivity index (χ1n) is 12.4. The highest BCUT2D eigenvalue weighted by atomic mass is 16.5. The lowest BCUT2D eigenvalue weighted by atomic mass is 9.82. The molecule has 3 aliphatic heterocycles. The number of ether oxygens (including phenoxy) is 2. The molecule has 1 spiro atoms. The highest BCUT2D eigenvalue weighted by molar-refractivity contribution is 5.84. The quantitative estimate of drug-likeness (QED) is 0.640. The summed E-state index contributed by atoms with van der Waals surface area (Å²) in [5.41, 5.74) is 4.14. The van der Waals surface area contributed by atoms with Crippen molar-refractivity contribution in [2.45, 2.75) is 50.7 Å². The van der Waals surface area contributed by atoms with Crippen LogP contribution in [0, 0.1) is 0 Å². The topological polar surface area (TPSA) is 81.5 Å². The van der Waals surface area contributed by atoms with Crippen LogP contribution in [0.2, 0.25) is 0 Å². The van der Waals surface area contributed by atoms with Crippen molar-refractivity contribution >= 4 is 16.9 Å². The second kappa shape index (κ2) is 8.58. The monoisotopic (exact) mass is 461 g/mol. The molecule has 0 aliphatic carbocycles. The van der Waals surface area contributed by atoms with Crippen molar-refractivity contribution in [3.05, 3.63) is 42.2 Å². The fraction of sp³-hybridized carbons (Fsp3) is 0.500. The molecule has 34 heavy (non-hydrogen) atoms. The van der Waals surface area contributed by atoms with E-state index in [-0.39, 0.29) is 17.6 Å². The lowest BCUT2D eigenvalue weighted by Crippen LogP contribution is -2.40. The first-order valence-corrected chi connectivity index (χ1v) is 12.4. The average molecular weight is 462 g/mol. The number of hydrogen-bond donors (Lipinski definition) is 1. The molecule has 1 unspecified atom stereocenters. The van der Waals surface area contributed by atoms with E-state index in [1.54, 1.807) is 0 Å². The molecule has 1 atom stereocenters. The maximum Gasteiger partial charge on any atom is 0.317 e. The molecular weight excluding hydrogens is 430 g/mol. The molecule has 2 amide bonds. The average Bonchev–Trinajstić information content (AvgIpc) is 3.56. The standard InChI is InChI=1S/C26H31N5O3/c1-2-27-25(32)30-9-7-26(17-30)8-10-31-24(26)15-23(29-31)19-13-18-14-21(3-4-22(18)28-16-19)34-20-5-11-33-12-6-20/h3-4,13-16,20H,2,5-12,17H2,1H3,(H,27,32). The molecule has 178 valence electrons. The van der Waals surface area contributed by atoms with Gasteiger partial charge in [-0.2, -0.15) is 5.10 Å². The van der Waals surface area contributed by atoms with Crippen LogP contribution < -0.4 is 10.1 Å². The molecule has 2 saturated heterocycles. The minimum absolute atomic E-state index is 0.00529. The predicted molar refractivity (Wildman–Crippen MR) is 129 cm³/mol. The van der Waals surface area contributed by atoms with Gasteiger partial charge in [0.05, 0.1) is 24.4 Å². The summed E-state index contributed by atoms with van der Waals surface area (Å²) < 4.78 is 13.8. The Labute approximate surface area is 199 Å². The highest BCUT2D eigenvalue weighted by Crippen LogP contribution is 2.43. The van der Waals surface area contributed by atoms with Gasteiger partial charge in [-0.05, 0) is 50.1 Å². The molecule has 0 saturated carbocycles. The van der Waals surface area contributed by atoms with Gasteiger partial charge in [0.25, 0.3) is 0 Å². The van der Waals surface area contributed by atoms with E-state index >= 15 is 0 Å². The van der Waals surface area contributed by atoms with Gasteiger partial charge in [-0.15, -0.1) is 0 Å². The second-order valence-corrected chi connectivity index (χ2v) is 9.68. The Bertz CT molecular complexity index is 1220. The van der Waals surface area contributed by atoms with E-state index in [0.717, 1.165) is 86.4 Å². The molecule has 3 aromatic rings. The molecule has 0 bridgehead atoms. The van der Waals surface area contributed by atoms with Gasteiger partial charge >= 0.3 is 6.03 Å². The fourth-order valence-corrected chi connectivity index (χ4v) is 5.63. The first-order chi connectivity index (χ1) is 16.6. The number of aryl methyl sites for hydroxylation is 1. The maximum absolute atomic E-state index is 12.4. The Balaban J connectivity index is 1.25. The van der Waals surface area contributed by atoms with Gasteiger partial charge in [0, 0.05) is 67.3 Å². The smallest absolute Gasteiger partial charge is 0.317 e. The first kappa shape index (κ1) is 21.4. The van der Waals surface area contributed by atoms with Crippen molar-refractivity contribution in [1.82, 2.24) is 25.0 Å². The number of carbonyl (C=O) groups excluding carboxylic acids is 1. The molecule has 2 aromatic heterocycles. The third-order valence-electron chi connectivity index (χ3n) is 7.51. The Hall–Kier alpha value is -3.13. The number of rotatable bonds is 4. The molecule has 5 heterocycles. The second-order valence-electron chi connectivity index (χ2n) is 9.68. The van der Waals surface area contributed by atoms with Crippen LogP contribution >= 0.6 is 0 Å². The highest BCUT2D eigenvalue weighted by Gasteiger charge is 2.46. The summed E-state index contributed by atoms with van der Waals surface area (Å²) in [6.07, 6.45) is 5.99. The molecule has 8 heteroatoms. The number of amides is 2. The molecule has 3 aliphatic rings. The molecule has 8 nitrogen and oxygen atoms in total. The number of hydrogen-bond acceptors (Lipinski definition) is 5. The Kier molecular flexibility index (Phi) is 5.40. The number of fused-ring (bicyclic) bond motifs is 3. The van der Waals surface area contributed by atoms with Crippen LogP contribution in [-0.4, -0.2) is 64.6 Å². The molecule has 1 aromatic carbocycles. The number of carbonyl (C=O) groups is 1. The summed E-state index contributed by atoms with van der Waals surface area (Å²) >= 11 is 0. The van der Waals surface area contributed by atoms with Crippen molar-refractivity contribution < 1.29 is 14.3 Å². The number of pyridine rings is 1. The van der Waals surface area contributed by atoms with Crippen molar-refractivity contribution in [2.75, 3.05) is 32.8 Å². The summed E-state index contributed by atoms with van der Waals surface area (Å²) in [6, 6.07) is 10.5. The molecule has 6 rings (SSSR count). The number of nitrogens with one attached hydrogen (secondary N) is 1. The summed E-state index contributed by atoms with van der Waals surface area (Å²) in [5.74, 6) is 0.876. The molecular formula is C26H31N5O3. The van der Waals surface area contributed by atoms with E-state index < -0.39 is 0 Å². The third-order valence-corrected chi connectivity index (χ3v) is 7.51. The van der Waals surface area contributed by atoms with Gasteiger partial charge in [-0.3, -0.25) is 9.67 Å². The maximum atomic E-state index is 12.4. The number of benzene rings is 1. The third kappa shape index (κ3) is 3.79. The minimum atomic E-state index is 0.00529. The number of likely N-dealkylation sites (tertiary alicyclic amines) is 1. The summed E-state index contributed by atoms with van der Waals surface area (Å²) in [7, 11) is 0. The predicted octanol–water partition coefficient (Wildman–Crippen LogP) is 3.73. The van der Waals surface area contributed by atoms with Crippen LogP contribution in [0.15, 0.2) is 36.5 Å². The number of urea groups is 1. The van der Waals surface area contributed by atoms with E-state index in [1.807, 2.05) is 30.2 Å². The molecule has 2 fully saturated rings. The normalized spacial score (nSPS) is 22.4. The van der Waals surface area contributed by atoms with Gasteiger partial charge < -0.3 is 19.7 Å². The Morgan fingerprint density at radius 2 is 2.06 bits per heavy atom. The summed E-state index contributed by atoms with van der Waals surface area (Å²) in [5, 5.41) is 8.91. The zero-order valence-corrected chi connectivity index (χ0v) is 19.6. The van der Waals surface area contributed by atoms with E-state index in [0.29, 0.717) is 6.54 Å². The van der Waals surface area contributed by atoms with Gasteiger partial charge in [0.1, 0.15) is 11.9 Å². The van der Waals surface area contributed by atoms with Gasteiger partial charge in [-0.1, -0.05) is 0 Å². The fourth-order valence-electron chi connectivity index (χ4n) is 5.63. The van der Waals surface area contributed by atoms with E-state index in [2.05, 4.69) is 33.2 Å².